The molecule has 1 rings (SSSR count). The fourth-order valence-corrected chi connectivity index (χ4v) is 1.90. The fraction of sp³-hybridized carbons (Fsp3) is 0.400. The van der Waals surface area contributed by atoms with Crippen molar-refractivity contribution >= 4 is 9.84 Å². The molecule has 0 aliphatic carbocycles. The summed E-state index contributed by atoms with van der Waals surface area (Å²) >= 11 is 0. The molecule has 0 spiro atoms. The van der Waals surface area contributed by atoms with E-state index in [-0.39, 0.29) is 10.8 Å². The smallest absolute Gasteiger partial charge is 0.175 e. The molecule has 0 saturated heterocycles. The van der Waals surface area contributed by atoms with Crippen molar-refractivity contribution in [3.05, 3.63) is 29.6 Å². The molecule has 0 heterocycles. The van der Waals surface area contributed by atoms with Crippen LogP contribution in [-0.2, 0) is 9.84 Å². The summed E-state index contributed by atoms with van der Waals surface area (Å²) in [5, 5.41) is 0. The van der Waals surface area contributed by atoms with Gasteiger partial charge in [-0.2, -0.15) is 0 Å². The van der Waals surface area contributed by atoms with Gasteiger partial charge in [0.15, 0.2) is 9.84 Å². The maximum atomic E-state index is 13.5. The van der Waals surface area contributed by atoms with Crippen LogP contribution < -0.4 is 5.73 Å². The lowest BCUT2D eigenvalue weighted by atomic mass is 10.0. The van der Waals surface area contributed by atoms with Gasteiger partial charge in [-0.1, -0.05) is 13.0 Å². The van der Waals surface area contributed by atoms with Crippen molar-refractivity contribution in [3.8, 4) is 0 Å². The highest BCUT2D eigenvalue weighted by atomic mass is 32.2. The summed E-state index contributed by atoms with van der Waals surface area (Å²) < 4.78 is 35.8. The first-order valence-electron chi connectivity index (χ1n) is 4.56. The number of halogens is 1. The zero-order valence-electron chi connectivity index (χ0n) is 8.70. The Balaban J connectivity index is 3.20. The Hall–Kier alpha value is -0.940. The van der Waals surface area contributed by atoms with Crippen molar-refractivity contribution in [2.75, 3.05) is 12.8 Å². The summed E-state index contributed by atoms with van der Waals surface area (Å²) in [7, 11) is -3.35. The Morgan fingerprint density at radius 1 is 1.47 bits per heavy atom. The zero-order chi connectivity index (χ0) is 11.6. The van der Waals surface area contributed by atoms with Crippen LogP contribution in [-0.4, -0.2) is 21.2 Å². The molecular weight excluding hydrogens is 217 g/mol. The standard InChI is InChI=1S/C10H14FNO2S/c1-7(6-12)9-4-3-8(5-10(9)11)15(2,13)14/h3-5,7H,6,12H2,1-2H3. The van der Waals surface area contributed by atoms with Crippen molar-refractivity contribution in [3.63, 3.8) is 0 Å². The normalized spacial score (nSPS) is 13.9. The van der Waals surface area contributed by atoms with Crippen molar-refractivity contribution in [1.29, 1.82) is 0 Å². The van der Waals surface area contributed by atoms with Gasteiger partial charge in [0.1, 0.15) is 5.82 Å². The second kappa shape index (κ2) is 4.28. The molecule has 0 radical (unpaired) electrons. The van der Waals surface area contributed by atoms with Gasteiger partial charge in [-0.25, -0.2) is 12.8 Å². The van der Waals surface area contributed by atoms with Crippen LogP contribution in [0.25, 0.3) is 0 Å². The Kier molecular flexibility index (Phi) is 3.46. The van der Waals surface area contributed by atoms with E-state index in [0.717, 1.165) is 12.3 Å². The molecular formula is C10H14FNO2S. The van der Waals surface area contributed by atoms with Crippen LogP contribution in [0.3, 0.4) is 0 Å². The lowest BCUT2D eigenvalue weighted by molar-refractivity contribution is 0.579. The average molecular weight is 231 g/mol. The third-order valence-electron chi connectivity index (χ3n) is 2.28. The SMILES string of the molecule is CC(CN)c1ccc(S(C)(=O)=O)cc1F. The van der Waals surface area contributed by atoms with Crippen molar-refractivity contribution in [2.45, 2.75) is 17.7 Å². The molecule has 0 fully saturated rings. The Morgan fingerprint density at radius 3 is 2.47 bits per heavy atom. The minimum atomic E-state index is -3.35. The van der Waals surface area contributed by atoms with E-state index in [2.05, 4.69) is 0 Å². The maximum Gasteiger partial charge on any atom is 0.175 e. The van der Waals surface area contributed by atoms with E-state index in [1.807, 2.05) is 0 Å². The second-order valence-corrected chi connectivity index (χ2v) is 5.61. The number of hydrogen-bond donors (Lipinski definition) is 1. The van der Waals surface area contributed by atoms with Crippen LogP contribution in [0.15, 0.2) is 23.1 Å². The maximum absolute atomic E-state index is 13.5. The number of nitrogens with two attached hydrogens (primary N) is 1. The van der Waals surface area contributed by atoms with Gasteiger partial charge in [0, 0.05) is 6.26 Å². The Labute approximate surface area is 89.0 Å². The van der Waals surface area contributed by atoms with Crippen LogP contribution >= 0.6 is 0 Å². The first kappa shape index (κ1) is 12.1. The van der Waals surface area contributed by atoms with Crippen LogP contribution in [0, 0.1) is 5.82 Å². The quantitative estimate of drug-likeness (QED) is 0.852. The Bertz CT molecular complexity index is 456. The van der Waals surface area contributed by atoms with Gasteiger partial charge in [0.05, 0.1) is 4.90 Å². The Morgan fingerprint density at radius 2 is 2.07 bits per heavy atom. The number of benzene rings is 1. The zero-order valence-corrected chi connectivity index (χ0v) is 9.51. The van der Waals surface area contributed by atoms with Crippen molar-refractivity contribution < 1.29 is 12.8 Å². The lowest BCUT2D eigenvalue weighted by Gasteiger charge is -2.10. The highest BCUT2D eigenvalue weighted by molar-refractivity contribution is 7.90. The molecule has 1 unspecified atom stereocenters. The molecule has 0 amide bonds. The highest BCUT2D eigenvalue weighted by Crippen LogP contribution is 2.21. The molecule has 0 aromatic heterocycles. The van der Waals surface area contributed by atoms with Gasteiger partial charge >= 0.3 is 0 Å². The van der Waals surface area contributed by atoms with E-state index in [1.165, 1.54) is 12.1 Å². The molecule has 84 valence electrons. The molecule has 1 aromatic rings. The van der Waals surface area contributed by atoms with E-state index >= 15 is 0 Å². The minimum absolute atomic E-state index is 0.00651. The molecule has 0 aliphatic rings. The topological polar surface area (TPSA) is 60.2 Å². The van der Waals surface area contributed by atoms with Crippen LogP contribution in [0.1, 0.15) is 18.4 Å². The lowest BCUT2D eigenvalue weighted by Crippen LogP contribution is -2.11. The van der Waals surface area contributed by atoms with Crippen LogP contribution in [0.4, 0.5) is 4.39 Å². The molecule has 5 heteroatoms. The van der Waals surface area contributed by atoms with Crippen molar-refractivity contribution in [1.82, 2.24) is 0 Å². The summed E-state index contributed by atoms with van der Waals surface area (Å²) in [5.74, 6) is -0.630. The molecule has 1 aromatic carbocycles. The number of rotatable bonds is 3. The second-order valence-electron chi connectivity index (χ2n) is 3.59. The fourth-order valence-electron chi connectivity index (χ4n) is 1.27. The summed E-state index contributed by atoms with van der Waals surface area (Å²) in [4.78, 5) is -0.00651. The summed E-state index contributed by atoms with van der Waals surface area (Å²) in [6, 6.07) is 3.92. The van der Waals surface area contributed by atoms with Gasteiger partial charge in [0.25, 0.3) is 0 Å². The highest BCUT2D eigenvalue weighted by Gasteiger charge is 2.13. The molecule has 0 aliphatic heterocycles. The average Bonchev–Trinajstić information content (AvgIpc) is 2.15. The van der Waals surface area contributed by atoms with Gasteiger partial charge in [-0.3, -0.25) is 0 Å². The van der Waals surface area contributed by atoms with Crippen molar-refractivity contribution in [2.24, 2.45) is 5.73 Å². The van der Waals surface area contributed by atoms with E-state index < -0.39 is 15.7 Å². The van der Waals surface area contributed by atoms with E-state index in [0.29, 0.717) is 12.1 Å². The molecule has 0 saturated carbocycles. The summed E-state index contributed by atoms with van der Waals surface area (Å²) in [5.41, 5.74) is 5.86. The third kappa shape index (κ3) is 2.76. The van der Waals surface area contributed by atoms with E-state index in [9.17, 15) is 12.8 Å². The molecule has 2 N–H and O–H groups in total. The third-order valence-corrected chi connectivity index (χ3v) is 3.39. The molecule has 3 nitrogen and oxygen atoms in total. The van der Waals surface area contributed by atoms with Crippen LogP contribution in [0.5, 0.6) is 0 Å². The van der Waals surface area contributed by atoms with E-state index in [1.54, 1.807) is 6.92 Å². The number of hydrogen-bond acceptors (Lipinski definition) is 3. The van der Waals surface area contributed by atoms with Gasteiger partial charge in [-0.05, 0) is 30.2 Å². The number of sulfone groups is 1. The molecule has 0 bridgehead atoms. The van der Waals surface area contributed by atoms with Gasteiger partial charge in [0.2, 0.25) is 0 Å². The predicted molar refractivity (Wildman–Crippen MR) is 57.0 cm³/mol. The van der Waals surface area contributed by atoms with Crippen LogP contribution in [0.2, 0.25) is 0 Å². The summed E-state index contributed by atoms with van der Waals surface area (Å²) in [6.45, 7) is 2.12. The minimum Gasteiger partial charge on any atom is -0.330 e. The molecule has 15 heavy (non-hydrogen) atoms. The monoisotopic (exact) mass is 231 g/mol. The summed E-state index contributed by atoms with van der Waals surface area (Å²) in [6.07, 6.45) is 1.05. The van der Waals surface area contributed by atoms with Gasteiger partial charge < -0.3 is 5.73 Å². The molecule has 1 atom stereocenters. The van der Waals surface area contributed by atoms with Gasteiger partial charge in [-0.15, -0.1) is 0 Å². The first-order valence-corrected chi connectivity index (χ1v) is 6.45. The first-order chi connectivity index (χ1) is 6.86. The predicted octanol–water partition coefficient (Wildman–Crippen LogP) is 1.29. The largest absolute Gasteiger partial charge is 0.330 e. The van der Waals surface area contributed by atoms with E-state index in [4.69, 9.17) is 5.73 Å².